The summed E-state index contributed by atoms with van der Waals surface area (Å²) in [5.41, 5.74) is 0.674. The fourth-order valence-corrected chi connectivity index (χ4v) is 2.93. The maximum atomic E-state index is 12.5. The normalized spacial score (nSPS) is 20.5. The van der Waals surface area contributed by atoms with Gasteiger partial charge in [-0.1, -0.05) is 0 Å². The Bertz CT molecular complexity index is 712. The van der Waals surface area contributed by atoms with E-state index in [1.165, 1.54) is 30.1 Å². The first kappa shape index (κ1) is 14.2. The van der Waals surface area contributed by atoms with Crippen molar-refractivity contribution in [2.75, 3.05) is 13.6 Å². The molecule has 1 aromatic rings. The van der Waals surface area contributed by atoms with Crippen LogP contribution in [0.25, 0.3) is 0 Å². The molecule has 7 heteroatoms. The quantitative estimate of drug-likeness (QED) is 0.807. The molecule has 2 aliphatic rings. The number of nitrogens with zero attached hydrogens (tertiary/aromatic N) is 2. The van der Waals surface area contributed by atoms with Crippen molar-refractivity contribution in [1.82, 2.24) is 9.80 Å². The number of carbonyl (C=O) groups excluding carboxylic acids is 3. The van der Waals surface area contributed by atoms with E-state index in [4.69, 9.17) is 5.11 Å². The average Bonchev–Trinajstić information content (AvgIpc) is 3.07. The van der Waals surface area contributed by atoms with Gasteiger partial charge in [0.1, 0.15) is 6.04 Å². The van der Waals surface area contributed by atoms with Crippen molar-refractivity contribution < 1.29 is 24.3 Å². The number of carbonyl (C=O) groups is 4. The number of hydrogen-bond acceptors (Lipinski definition) is 4. The number of imide groups is 1. The van der Waals surface area contributed by atoms with Gasteiger partial charge in [-0.2, -0.15) is 0 Å². The fraction of sp³-hybridized carbons (Fsp3) is 0.333. The first-order chi connectivity index (χ1) is 10.4. The number of hydrogen-bond donors (Lipinski definition) is 1. The summed E-state index contributed by atoms with van der Waals surface area (Å²) >= 11 is 0. The lowest BCUT2D eigenvalue weighted by Crippen LogP contribution is -2.40. The molecule has 22 heavy (non-hydrogen) atoms. The van der Waals surface area contributed by atoms with E-state index in [2.05, 4.69) is 0 Å². The minimum Gasteiger partial charge on any atom is -0.480 e. The van der Waals surface area contributed by atoms with Crippen LogP contribution in [0.4, 0.5) is 0 Å². The summed E-state index contributed by atoms with van der Waals surface area (Å²) in [4.78, 5) is 49.7. The summed E-state index contributed by atoms with van der Waals surface area (Å²) in [5.74, 6) is -2.31. The zero-order chi connectivity index (χ0) is 16.0. The van der Waals surface area contributed by atoms with E-state index in [0.29, 0.717) is 19.4 Å². The highest BCUT2D eigenvalue weighted by Crippen LogP contribution is 2.25. The second-order valence-electron chi connectivity index (χ2n) is 5.42. The fourth-order valence-electron chi connectivity index (χ4n) is 2.93. The Kier molecular flexibility index (Phi) is 3.20. The minimum atomic E-state index is -1.03. The Hall–Kier alpha value is -2.70. The number of benzene rings is 1. The van der Waals surface area contributed by atoms with E-state index in [9.17, 15) is 19.2 Å². The third-order valence-corrected chi connectivity index (χ3v) is 4.14. The molecule has 1 unspecified atom stereocenters. The second-order valence-corrected chi connectivity index (χ2v) is 5.42. The van der Waals surface area contributed by atoms with E-state index >= 15 is 0 Å². The van der Waals surface area contributed by atoms with E-state index in [1.807, 2.05) is 0 Å². The van der Waals surface area contributed by atoms with Gasteiger partial charge in [-0.15, -0.1) is 0 Å². The van der Waals surface area contributed by atoms with Crippen molar-refractivity contribution in [3.63, 3.8) is 0 Å². The average molecular weight is 302 g/mol. The molecule has 3 amide bonds. The van der Waals surface area contributed by atoms with Gasteiger partial charge in [-0.3, -0.25) is 19.3 Å². The van der Waals surface area contributed by atoms with Crippen LogP contribution < -0.4 is 0 Å². The molecule has 1 saturated heterocycles. The van der Waals surface area contributed by atoms with Gasteiger partial charge in [0.05, 0.1) is 11.1 Å². The molecule has 1 fully saturated rings. The molecule has 2 heterocycles. The van der Waals surface area contributed by atoms with Gasteiger partial charge in [0.25, 0.3) is 17.7 Å². The predicted molar refractivity (Wildman–Crippen MR) is 74.6 cm³/mol. The zero-order valence-electron chi connectivity index (χ0n) is 11.9. The van der Waals surface area contributed by atoms with Crippen LogP contribution in [0.3, 0.4) is 0 Å². The molecule has 2 aliphatic heterocycles. The number of amides is 3. The van der Waals surface area contributed by atoms with E-state index in [0.717, 1.165) is 4.90 Å². The lowest BCUT2D eigenvalue weighted by Gasteiger charge is -2.21. The molecule has 0 spiro atoms. The Balaban J connectivity index is 1.94. The Morgan fingerprint density at radius 1 is 1.18 bits per heavy atom. The summed E-state index contributed by atoms with van der Waals surface area (Å²) in [6.45, 7) is 0.375. The van der Waals surface area contributed by atoms with Crippen LogP contribution in [0, 0.1) is 0 Å². The summed E-state index contributed by atoms with van der Waals surface area (Å²) in [6.07, 6.45) is 1.06. The van der Waals surface area contributed by atoms with E-state index in [1.54, 1.807) is 0 Å². The number of aliphatic carboxylic acids is 1. The highest BCUT2D eigenvalue weighted by molar-refractivity contribution is 6.21. The molecule has 0 aromatic heterocycles. The SMILES string of the molecule is CN1C(=O)c2ccc(C(=O)N3CCCC3C(=O)O)cc2C1=O. The Labute approximate surface area is 126 Å². The predicted octanol–water partition coefficient (Wildman–Crippen LogP) is 0.602. The first-order valence-corrected chi connectivity index (χ1v) is 6.92. The van der Waals surface area contributed by atoms with Crippen molar-refractivity contribution in [1.29, 1.82) is 0 Å². The topological polar surface area (TPSA) is 95.0 Å². The highest BCUT2D eigenvalue weighted by atomic mass is 16.4. The zero-order valence-corrected chi connectivity index (χ0v) is 11.9. The van der Waals surface area contributed by atoms with E-state index in [-0.39, 0.29) is 16.7 Å². The summed E-state index contributed by atoms with van der Waals surface area (Å²) < 4.78 is 0. The molecule has 1 atom stereocenters. The number of rotatable bonds is 2. The molecule has 7 nitrogen and oxygen atoms in total. The summed E-state index contributed by atoms with van der Waals surface area (Å²) in [7, 11) is 1.38. The van der Waals surface area contributed by atoms with Crippen LogP contribution in [0.2, 0.25) is 0 Å². The lowest BCUT2D eigenvalue weighted by atomic mass is 10.0. The molecule has 114 valence electrons. The van der Waals surface area contributed by atoms with Gasteiger partial charge >= 0.3 is 5.97 Å². The number of fused-ring (bicyclic) bond motifs is 1. The second kappa shape index (κ2) is 4.94. The summed E-state index contributed by atoms with van der Waals surface area (Å²) in [5, 5.41) is 9.15. The van der Waals surface area contributed by atoms with E-state index < -0.39 is 29.7 Å². The van der Waals surface area contributed by atoms with Gasteiger partial charge in [-0.25, -0.2) is 4.79 Å². The smallest absolute Gasteiger partial charge is 0.326 e. The molecule has 1 aromatic carbocycles. The molecule has 3 rings (SSSR count). The molecule has 0 bridgehead atoms. The third-order valence-electron chi connectivity index (χ3n) is 4.14. The van der Waals surface area contributed by atoms with Crippen LogP contribution in [0.1, 0.15) is 43.9 Å². The van der Waals surface area contributed by atoms with Gasteiger partial charge < -0.3 is 10.0 Å². The van der Waals surface area contributed by atoms with Crippen LogP contribution in [0.15, 0.2) is 18.2 Å². The van der Waals surface area contributed by atoms with Crippen LogP contribution in [0.5, 0.6) is 0 Å². The first-order valence-electron chi connectivity index (χ1n) is 6.92. The van der Waals surface area contributed by atoms with Crippen molar-refractivity contribution in [2.24, 2.45) is 0 Å². The molecular formula is C15H14N2O5. The largest absolute Gasteiger partial charge is 0.480 e. The van der Waals surface area contributed by atoms with Crippen molar-refractivity contribution in [2.45, 2.75) is 18.9 Å². The molecule has 0 saturated carbocycles. The van der Waals surface area contributed by atoms with Gasteiger partial charge in [0.2, 0.25) is 0 Å². The van der Waals surface area contributed by atoms with Crippen molar-refractivity contribution >= 4 is 23.7 Å². The van der Waals surface area contributed by atoms with Crippen molar-refractivity contribution in [3.05, 3.63) is 34.9 Å². The van der Waals surface area contributed by atoms with Crippen LogP contribution in [-0.4, -0.2) is 58.2 Å². The molecular weight excluding hydrogens is 288 g/mol. The number of likely N-dealkylation sites (tertiary alicyclic amines) is 1. The van der Waals surface area contributed by atoms with Gasteiger partial charge in [0, 0.05) is 19.2 Å². The number of carboxylic acid groups (broad SMARTS) is 1. The van der Waals surface area contributed by atoms with Crippen molar-refractivity contribution in [3.8, 4) is 0 Å². The monoisotopic (exact) mass is 302 g/mol. The molecule has 0 radical (unpaired) electrons. The molecule has 1 N–H and O–H groups in total. The van der Waals surface area contributed by atoms with Crippen LogP contribution >= 0.6 is 0 Å². The maximum absolute atomic E-state index is 12.5. The summed E-state index contributed by atoms with van der Waals surface area (Å²) in [6, 6.07) is 3.44. The Morgan fingerprint density at radius 2 is 1.86 bits per heavy atom. The number of carboxylic acids is 1. The highest BCUT2D eigenvalue weighted by Gasteiger charge is 2.37. The Morgan fingerprint density at radius 3 is 2.55 bits per heavy atom. The molecule has 0 aliphatic carbocycles. The lowest BCUT2D eigenvalue weighted by molar-refractivity contribution is -0.141. The standard InChI is InChI=1S/C15H14N2O5/c1-16-13(19)9-5-4-8(7-10(9)14(16)20)12(18)17-6-2-3-11(17)15(21)22/h4-5,7,11H,2-3,6H2,1H3,(H,21,22). The van der Waals surface area contributed by atoms with Gasteiger partial charge in [0.15, 0.2) is 0 Å². The van der Waals surface area contributed by atoms with Crippen LogP contribution in [-0.2, 0) is 4.79 Å². The van der Waals surface area contributed by atoms with Gasteiger partial charge in [-0.05, 0) is 31.0 Å². The maximum Gasteiger partial charge on any atom is 0.326 e. The third kappa shape index (κ3) is 1.97. The minimum absolute atomic E-state index is 0.185.